The van der Waals surface area contributed by atoms with E-state index in [-0.39, 0.29) is 29.9 Å². The molecule has 2 aromatic rings. The molecule has 2 fully saturated rings. The van der Waals surface area contributed by atoms with E-state index in [0.29, 0.717) is 36.7 Å². The minimum absolute atomic E-state index is 0.0854. The summed E-state index contributed by atoms with van der Waals surface area (Å²) in [7, 11) is 0. The quantitative estimate of drug-likeness (QED) is 0.868. The molecule has 0 aliphatic carbocycles. The Hall–Kier alpha value is -2.57. The zero-order chi connectivity index (χ0) is 19.8. The molecule has 2 amide bonds. The van der Waals surface area contributed by atoms with Gasteiger partial charge in [-0.1, -0.05) is 13.8 Å². The van der Waals surface area contributed by atoms with Gasteiger partial charge in [0, 0.05) is 30.0 Å². The van der Waals surface area contributed by atoms with E-state index < -0.39 is 0 Å². The maximum atomic E-state index is 13.4. The number of fused-ring (bicyclic) bond motifs is 1. The second-order valence-electron chi connectivity index (χ2n) is 8.21. The van der Waals surface area contributed by atoms with Crippen LogP contribution in [0.4, 0.5) is 9.18 Å². The summed E-state index contributed by atoms with van der Waals surface area (Å²) in [4.78, 5) is 31.8. The standard InChI is InChI=1S/C21H26FN3O3/c1-13(2)9-17-12-28-21(27)25(17)16-5-7-24(8-6-16)20(26)19-11-14-10-15(22)3-4-18(14)23-19/h3-4,10-11,13,16-17,23H,5-9,12H2,1-2H3/t17-/m1/s1. The lowest BCUT2D eigenvalue weighted by atomic mass is 9.98. The highest BCUT2D eigenvalue weighted by molar-refractivity contribution is 5.98. The molecule has 0 bridgehead atoms. The van der Waals surface area contributed by atoms with Crippen LogP contribution in [0.5, 0.6) is 0 Å². The third-order valence-electron chi connectivity index (χ3n) is 5.71. The summed E-state index contributed by atoms with van der Waals surface area (Å²) in [5, 5.41) is 0.689. The van der Waals surface area contributed by atoms with Crippen LogP contribution in [0.2, 0.25) is 0 Å². The molecule has 1 aromatic heterocycles. The highest BCUT2D eigenvalue weighted by Gasteiger charge is 2.40. The molecule has 7 heteroatoms. The monoisotopic (exact) mass is 387 g/mol. The molecule has 2 aliphatic heterocycles. The van der Waals surface area contributed by atoms with Gasteiger partial charge < -0.3 is 14.6 Å². The molecular weight excluding hydrogens is 361 g/mol. The fourth-order valence-electron chi connectivity index (χ4n) is 4.38. The first-order chi connectivity index (χ1) is 13.4. The van der Waals surface area contributed by atoms with Crippen LogP contribution in [0.15, 0.2) is 24.3 Å². The molecule has 0 saturated carbocycles. The summed E-state index contributed by atoms with van der Waals surface area (Å²) in [5.41, 5.74) is 1.22. The molecule has 150 valence electrons. The lowest BCUT2D eigenvalue weighted by molar-refractivity contribution is 0.0625. The number of H-pyrrole nitrogens is 1. The van der Waals surface area contributed by atoms with E-state index in [1.807, 2.05) is 4.90 Å². The molecule has 28 heavy (non-hydrogen) atoms. The Balaban J connectivity index is 1.41. The number of cyclic esters (lactones) is 1. The second-order valence-corrected chi connectivity index (χ2v) is 8.21. The number of carbonyl (C=O) groups excluding carboxylic acids is 2. The third-order valence-corrected chi connectivity index (χ3v) is 5.71. The van der Waals surface area contributed by atoms with Crippen molar-refractivity contribution in [2.24, 2.45) is 5.92 Å². The molecule has 2 saturated heterocycles. The average Bonchev–Trinajstić information content (AvgIpc) is 3.24. The van der Waals surface area contributed by atoms with Crippen LogP contribution < -0.4 is 0 Å². The van der Waals surface area contributed by atoms with Crippen molar-refractivity contribution in [3.05, 3.63) is 35.8 Å². The Morgan fingerprint density at radius 3 is 2.75 bits per heavy atom. The number of likely N-dealkylation sites (tertiary alicyclic amines) is 1. The molecule has 2 aliphatic rings. The normalized spacial score (nSPS) is 21.0. The molecule has 4 rings (SSSR count). The van der Waals surface area contributed by atoms with Gasteiger partial charge in [0.15, 0.2) is 0 Å². The van der Waals surface area contributed by atoms with Crippen molar-refractivity contribution in [2.45, 2.75) is 45.2 Å². The number of benzene rings is 1. The lowest BCUT2D eigenvalue weighted by Crippen LogP contribution is -2.50. The van der Waals surface area contributed by atoms with Gasteiger partial charge in [0.1, 0.15) is 18.1 Å². The van der Waals surface area contributed by atoms with Crippen molar-refractivity contribution in [3.63, 3.8) is 0 Å². The molecule has 1 atom stereocenters. The van der Waals surface area contributed by atoms with Gasteiger partial charge in [-0.05, 0) is 49.4 Å². The van der Waals surface area contributed by atoms with Crippen LogP contribution in [-0.4, -0.2) is 58.6 Å². The predicted octanol–water partition coefficient (Wildman–Crippen LogP) is 3.78. The smallest absolute Gasteiger partial charge is 0.410 e. The highest BCUT2D eigenvalue weighted by Crippen LogP contribution is 2.28. The minimum Gasteiger partial charge on any atom is -0.447 e. The number of carbonyl (C=O) groups is 2. The van der Waals surface area contributed by atoms with E-state index in [2.05, 4.69) is 18.8 Å². The van der Waals surface area contributed by atoms with E-state index >= 15 is 0 Å². The average molecular weight is 387 g/mol. The molecule has 6 nitrogen and oxygen atoms in total. The van der Waals surface area contributed by atoms with Crippen molar-refractivity contribution < 1.29 is 18.7 Å². The maximum absolute atomic E-state index is 13.4. The first-order valence-electron chi connectivity index (χ1n) is 9.95. The Morgan fingerprint density at radius 2 is 2.04 bits per heavy atom. The number of rotatable bonds is 4. The predicted molar refractivity (Wildman–Crippen MR) is 104 cm³/mol. The summed E-state index contributed by atoms with van der Waals surface area (Å²) in [6, 6.07) is 6.37. The zero-order valence-corrected chi connectivity index (χ0v) is 16.3. The molecule has 0 spiro atoms. The number of nitrogens with zero attached hydrogens (tertiary/aromatic N) is 2. The topological polar surface area (TPSA) is 65.6 Å². The van der Waals surface area contributed by atoms with Gasteiger partial charge in [0.05, 0.1) is 6.04 Å². The Morgan fingerprint density at radius 1 is 1.29 bits per heavy atom. The second kappa shape index (κ2) is 7.45. The first kappa shape index (κ1) is 18.8. The Kier molecular flexibility index (Phi) is 5.00. The van der Waals surface area contributed by atoms with Crippen LogP contribution in [-0.2, 0) is 4.74 Å². The zero-order valence-electron chi connectivity index (χ0n) is 16.3. The lowest BCUT2D eigenvalue weighted by Gasteiger charge is -2.38. The van der Waals surface area contributed by atoms with Crippen molar-refractivity contribution in [3.8, 4) is 0 Å². The molecule has 1 N–H and O–H groups in total. The summed E-state index contributed by atoms with van der Waals surface area (Å²) in [6.45, 7) is 5.93. The maximum Gasteiger partial charge on any atom is 0.410 e. The summed E-state index contributed by atoms with van der Waals surface area (Å²) >= 11 is 0. The molecule has 1 aromatic carbocycles. The third kappa shape index (κ3) is 3.57. The fraction of sp³-hybridized carbons (Fsp3) is 0.524. The molecule has 3 heterocycles. The SMILES string of the molecule is CC(C)C[C@@H]1COC(=O)N1C1CCN(C(=O)c2cc3cc(F)ccc3[nH]2)CC1. The minimum atomic E-state index is -0.320. The van der Waals surface area contributed by atoms with E-state index in [0.717, 1.165) is 24.8 Å². The van der Waals surface area contributed by atoms with Crippen LogP contribution >= 0.6 is 0 Å². The van der Waals surface area contributed by atoms with Gasteiger partial charge in [-0.2, -0.15) is 0 Å². The van der Waals surface area contributed by atoms with E-state index in [4.69, 9.17) is 4.74 Å². The summed E-state index contributed by atoms with van der Waals surface area (Å²) < 4.78 is 18.7. The van der Waals surface area contributed by atoms with E-state index in [1.54, 1.807) is 17.0 Å². The number of halogens is 1. The molecular formula is C21H26FN3O3. The fourth-order valence-corrected chi connectivity index (χ4v) is 4.38. The highest BCUT2D eigenvalue weighted by atomic mass is 19.1. The Labute approximate surface area is 163 Å². The largest absolute Gasteiger partial charge is 0.447 e. The van der Waals surface area contributed by atoms with Crippen molar-refractivity contribution in [2.75, 3.05) is 19.7 Å². The molecule has 0 unspecified atom stereocenters. The summed E-state index contributed by atoms with van der Waals surface area (Å²) in [5.74, 6) is 0.0908. The number of hydrogen-bond acceptors (Lipinski definition) is 3. The summed E-state index contributed by atoms with van der Waals surface area (Å²) in [6.07, 6.45) is 2.18. The number of piperidine rings is 1. The van der Waals surface area contributed by atoms with Gasteiger partial charge in [-0.3, -0.25) is 9.69 Å². The van der Waals surface area contributed by atoms with Crippen molar-refractivity contribution in [1.82, 2.24) is 14.8 Å². The number of aromatic amines is 1. The Bertz CT molecular complexity index is 886. The van der Waals surface area contributed by atoms with Crippen molar-refractivity contribution in [1.29, 1.82) is 0 Å². The van der Waals surface area contributed by atoms with Gasteiger partial charge in [0.25, 0.3) is 5.91 Å². The first-order valence-corrected chi connectivity index (χ1v) is 9.95. The van der Waals surface area contributed by atoms with Crippen LogP contribution in [0.25, 0.3) is 10.9 Å². The van der Waals surface area contributed by atoms with Crippen LogP contribution in [0.3, 0.4) is 0 Å². The number of amides is 2. The van der Waals surface area contributed by atoms with E-state index in [1.165, 1.54) is 12.1 Å². The van der Waals surface area contributed by atoms with E-state index in [9.17, 15) is 14.0 Å². The number of hydrogen-bond donors (Lipinski definition) is 1. The van der Waals surface area contributed by atoms with Gasteiger partial charge in [0.2, 0.25) is 0 Å². The van der Waals surface area contributed by atoms with Gasteiger partial charge in [-0.15, -0.1) is 0 Å². The van der Waals surface area contributed by atoms with Crippen LogP contribution in [0.1, 0.15) is 43.6 Å². The number of ether oxygens (including phenoxy) is 1. The molecule has 0 radical (unpaired) electrons. The van der Waals surface area contributed by atoms with Crippen LogP contribution in [0, 0.1) is 11.7 Å². The number of aromatic nitrogens is 1. The van der Waals surface area contributed by atoms with Gasteiger partial charge in [-0.25, -0.2) is 9.18 Å². The van der Waals surface area contributed by atoms with Crippen molar-refractivity contribution >= 4 is 22.9 Å². The number of nitrogens with one attached hydrogen (secondary N) is 1. The van der Waals surface area contributed by atoms with Gasteiger partial charge >= 0.3 is 6.09 Å².